The van der Waals surface area contributed by atoms with Crippen molar-refractivity contribution in [1.82, 2.24) is 5.01 Å². The lowest BCUT2D eigenvalue weighted by molar-refractivity contribution is 0.318. The number of nitrogens with zero attached hydrogens (tertiary/aromatic N) is 2. The lowest BCUT2D eigenvalue weighted by Crippen LogP contribution is -2.30. The summed E-state index contributed by atoms with van der Waals surface area (Å²) in [6, 6.07) is 21.2. The highest BCUT2D eigenvalue weighted by Crippen LogP contribution is 2.33. The SMILES string of the molecule is S=C(Nc1ccccc1)N1N=C(c2ccc(Cl)cc2)CC1c1ccco1. The average molecular weight is 382 g/mol. The fourth-order valence-corrected chi connectivity index (χ4v) is 3.33. The molecule has 0 bridgehead atoms. The van der Waals surface area contributed by atoms with Gasteiger partial charge in [0.25, 0.3) is 0 Å². The molecule has 0 saturated heterocycles. The van der Waals surface area contributed by atoms with Gasteiger partial charge in [0.1, 0.15) is 11.8 Å². The average Bonchev–Trinajstić information content (AvgIpc) is 3.33. The molecule has 130 valence electrons. The second-order valence-corrected chi connectivity index (χ2v) is 6.75. The molecule has 0 saturated carbocycles. The summed E-state index contributed by atoms with van der Waals surface area (Å²) < 4.78 is 5.63. The van der Waals surface area contributed by atoms with Gasteiger partial charge < -0.3 is 9.73 Å². The third-order valence-electron chi connectivity index (χ3n) is 4.19. The summed E-state index contributed by atoms with van der Waals surface area (Å²) in [5.74, 6) is 0.829. The summed E-state index contributed by atoms with van der Waals surface area (Å²) in [7, 11) is 0. The number of anilines is 1. The Labute approximate surface area is 162 Å². The van der Waals surface area contributed by atoms with E-state index >= 15 is 0 Å². The van der Waals surface area contributed by atoms with Crippen molar-refractivity contribution in [3.05, 3.63) is 89.3 Å². The van der Waals surface area contributed by atoms with Crippen molar-refractivity contribution in [2.75, 3.05) is 5.32 Å². The Morgan fingerprint density at radius 3 is 2.54 bits per heavy atom. The zero-order chi connectivity index (χ0) is 17.9. The van der Waals surface area contributed by atoms with Gasteiger partial charge in [-0.3, -0.25) is 0 Å². The Hall–Kier alpha value is -2.63. The molecule has 0 radical (unpaired) electrons. The van der Waals surface area contributed by atoms with Crippen LogP contribution in [0, 0.1) is 0 Å². The third-order valence-corrected chi connectivity index (χ3v) is 4.73. The van der Waals surface area contributed by atoms with Gasteiger partial charge in [-0.25, -0.2) is 5.01 Å². The van der Waals surface area contributed by atoms with Crippen LogP contribution < -0.4 is 5.32 Å². The van der Waals surface area contributed by atoms with E-state index in [1.54, 1.807) is 6.26 Å². The van der Waals surface area contributed by atoms with E-state index in [1.165, 1.54) is 0 Å². The fourth-order valence-electron chi connectivity index (χ4n) is 2.92. The summed E-state index contributed by atoms with van der Waals surface area (Å²) in [4.78, 5) is 0. The molecule has 1 atom stereocenters. The third kappa shape index (κ3) is 3.49. The van der Waals surface area contributed by atoms with Crippen LogP contribution in [0.25, 0.3) is 0 Å². The van der Waals surface area contributed by atoms with E-state index in [-0.39, 0.29) is 6.04 Å². The van der Waals surface area contributed by atoms with Crippen molar-refractivity contribution in [3.63, 3.8) is 0 Å². The molecule has 0 amide bonds. The van der Waals surface area contributed by atoms with E-state index in [0.29, 0.717) is 16.6 Å². The maximum absolute atomic E-state index is 6.00. The van der Waals surface area contributed by atoms with E-state index in [9.17, 15) is 0 Å². The van der Waals surface area contributed by atoms with Crippen LogP contribution in [0.2, 0.25) is 5.02 Å². The Morgan fingerprint density at radius 2 is 1.85 bits per heavy atom. The molecule has 4 nitrogen and oxygen atoms in total. The number of halogens is 1. The van der Waals surface area contributed by atoms with Crippen LogP contribution in [0.1, 0.15) is 23.8 Å². The quantitative estimate of drug-likeness (QED) is 0.610. The van der Waals surface area contributed by atoms with Crippen molar-refractivity contribution in [2.24, 2.45) is 5.10 Å². The van der Waals surface area contributed by atoms with Crippen LogP contribution in [0.4, 0.5) is 5.69 Å². The Morgan fingerprint density at radius 1 is 1.08 bits per heavy atom. The van der Waals surface area contributed by atoms with Crippen LogP contribution in [-0.4, -0.2) is 15.8 Å². The minimum absolute atomic E-state index is 0.0839. The molecule has 3 aromatic rings. The highest BCUT2D eigenvalue weighted by atomic mass is 35.5. The van der Waals surface area contributed by atoms with Crippen molar-refractivity contribution in [1.29, 1.82) is 0 Å². The molecule has 1 aliphatic heterocycles. The number of thiocarbonyl (C=S) groups is 1. The van der Waals surface area contributed by atoms with Gasteiger partial charge in [0.15, 0.2) is 5.11 Å². The summed E-state index contributed by atoms with van der Waals surface area (Å²) in [6.45, 7) is 0. The second kappa shape index (κ2) is 7.32. The predicted molar refractivity (Wildman–Crippen MR) is 109 cm³/mol. The van der Waals surface area contributed by atoms with E-state index in [1.807, 2.05) is 71.7 Å². The topological polar surface area (TPSA) is 40.8 Å². The van der Waals surface area contributed by atoms with Crippen molar-refractivity contribution in [3.8, 4) is 0 Å². The van der Waals surface area contributed by atoms with E-state index in [4.69, 9.17) is 33.3 Å². The molecule has 0 fully saturated rings. The number of para-hydroxylation sites is 1. The van der Waals surface area contributed by atoms with Crippen molar-refractivity contribution >= 4 is 40.3 Å². The molecule has 6 heteroatoms. The van der Waals surface area contributed by atoms with E-state index in [0.717, 1.165) is 22.7 Å². The van der Waals surface area contributed by atoms with E-state index in [2.05, 4.69) is 5.32 Å². The fraction of sp³-hybridized carbons (Fsp3) is 0.100. The molecule has 1 aromatic heterocycles. The van der Waals surface area contributed by atoms with Crippen LogP contribution in [0.3, 0.4) is 0 Å². The molecule has 2 heterocycles. The first-order chi connectivity index (χ1) is 12.7. The number of hydrazone groups is 1. The maximum atomic E-state index is 6.00. The predicted octanol–water partition coefficient (Wildman–Crippen LogP) is 5.48. The van der Waals surface area contributed by atoms with E-state index < -0.39 is 0 Å². The highest BCUT2D eigenvalue weighted by molar-refractivity contribution is 7.80. The lowest BCUT2D eigenvalue weighted by Gasteiger charge is -2.23. The summed E-state index contributed by atoms with van der Waals surface area (Å²) in [5.41, 5.74) is 2.89. The number of nitrogens with one attached hydrogen (secondary N) is 1. The zero-order valence-electron chi connectivity index (χ0n) is 13.8. The first kappa shape index (κ1) is 16.8. The second-order valence-electron chi connectivity index (χ2n) is 5.93. The molecular weight excluding hydrogens is 366 g/mol. The molecular formula is C20H16ClN3OS. The first-order valence-electron chi connectivity index (χ1n) is 8.23. The standard InChI is InChI=1S/C20H16ClN3OS/c21-15-10-8-14(9-11-15)17-13-18(19-7-4-12-25-19)24(23-17)20(26)22-16-5-2-1-3-6-16/h1-12,18H,13H2,(H,22,26). The lowest BCUT2D eigenvalue weighted by atomic mass is 10.0. The molecule has 1 aliphatic rings. The largest absolute Gasteiger partial charge is 0.467 e. The van der Waals surface area contributed by atoms with Gasteiger partial charge in [0, 0.05) is 17.1 Å². The molecule has 1 N–H and O–H groups in total. The van der Waals surface area contributed by atoms with Crippen LogP contribution in [-0.2, 0) is 0 Å². The summed E-state index contributed by atoms with van der Waals surface area (Å²) in [5, 5.41) is 11.1. The zero-order valence-corrected chi connectivity index (χ0v) is 15.4. The van der Waals surface area contributed by atoms with Crippen LogP contribution in [0.15, 0.2) is 82.5 Å². The van der Waals surface area contributed by atoms with Crippen LogP contribution >= 0.6 is 23.8 Å². The molecule has 0 spiro atoms. The number of hydrogen-bond donors (Lipinski definition) is 1. The number of benzene rings is 2. The normalized spacial score (nSPS) is 16.4. The monoisotopic (exact) mass is 381 g/mol. The minimum atomic E-state index is -0.0839. The number of rotatable bonds is 3. The minimum Gasteiger partial charge on any atom is -0.467 e. The van der Waals surface area contributed by atoms with Gasteiger partial charge in [-0.2, -0.15) is 5.10 Å². The summed E-state index contributed by atoms with van der Waals surface area (Å²) >= 11 is 11.6. The van der Waals surface area contributed by atoms with Crippen molar-refractivity contribution in [2.45, 2.75) is 12.5 Å². The van der Waals surface area contributed by atoms with Gasteiger partial charge in [0.05, 0.1) is 12.0 Å². The van der Waals surface area contributed by atoms with Gasteiger partial charge in [-0.05, 0) is 54.2 Å². The number of hydrogen-bond acceptors (Lipinski definition) is 3. The maximum Gasteiger partial charge on any atom is 0.194 e. The molecule has 2 aromatic carbocycles. The molecule has 1 unspecified atom stereocenters. The summed E-state index contributed by atoms with van der Waals surface area (Å²) in [6.07, 6.45) is 2.37. The highest BCUT2D eigenvalue weighted by Gasteiger charge is 2.33. The smallest absolute Gasteiger partial charge is 0.194 e. The Balaban J connectivity index is 1.63. The number of furan rings is 1. The molecule has 0 aliphatic carbocycles. The van der Waals surface area contributed by atoms with Gasteiger partial charge in [0.2, 0.25) is 0 Å². The Kier molecular flexibility index (Phi) is 4.73. The van der Waals surface area contributed by atoms with Crippen LogP contribution in [0.5, 0.6) is 0 Å². The van der Waals surface area contributed by atoms with Gasteiger partial charge in [-0.15, -0.1) is 0 Å². The van der Waals surface area contributed by atoms with Gasteiger partial charge in [-0.1, -0.05) is 41.9 Å². The van der Waals surface area contributed by atoms with Gasteiger partial charge >= 0.3 is 0 Å². The Bertz CT molecular complexity index is 923. The molecule has 26 heavy (non-hydrogen) atoms. The first-order valence-corrected chi connectivity index (χ1v) is 9.01. The van der Waals surface area contributed by atoms with Crippen molar-refractivity contribution < 1.29 is 4.42 Å². The molecule has 4 rings (SSSR count).